The number of nitrogens with one attached hydrogen (secondary N) is 1. The van der Waals surface area contributed by atoms with Crippen molar-refractivity contribution < 1.29 is 18.7 Å². The van der Waals surface area contributed by atoms with Crippen molar-refractivity contribution in [2.45, 2.75) is 36.9 Å². The lowest BCUT2D eigenvalue weighted by Crippen LogP contribution is -2.27. The predicted molar refractivity (Wildman–Crippen MR) is 98.1 cm³/mol. The summed E-state index contributed by atoms with van der Waals surface area (Å²) in [6, 6.07) is 1.36. The largest absolute Gasteiger partial charge is 0.506 e. The molecule has 6 nitrogen and oxygen atoms in total. The molecule has 0 aliphatic heterocycles. The van der Waals surface area contributed by atoms with Crippen LogP contribution in [0.4, 0.5) is 8.78 Å². The van der Waals surface area contributed by atoms with Gasteiger partial charge in [0, 0.05) is 16.4 Å². The summed E-state index contributed by atoms with van der Waals surface area (Å²) in [7, 11) is 0. The summed E-state index contributed by atoms with van der Waals surface area (Å²) >= 11 is 3.46. The van der Waals surface area contributed by atoms with Gasteiger partial charge in [-0.15, -0.1) is 0 Å². The Morgan fingerprint density at radius 1 is 1.41 bits per heavy atom. The topological polar surface area (TPSA) is 79.5 Å². The summed E-state index contributed by atoms with van der Waals surface area (Å²) < 4.78 is 27.9. The Morgan fingerprint density at radius 3 is 2.81 bits per heavy atom. The molecule has 2 aromatic rings. The Bertz CT molecular complexity index is 981. The number of carbonyl (C=O) groups is 1. The third kappa shape index (κ3) is 3.36. The van der Waals surface area contributed by atoms with Crippen molar-refractivity contribution in [3.63, 3.8) is 0 Å². The van der Waals surface area contributed by atoms with Gasteiger partial charge in [-0.05, 0) is 37.0 Å². The number of aliphatic hydroxyl groups excluding tert-OH is 1. The maximum absolute atomic E-state index is 13.4. The van der Waals surface area contributed by atoms with E-state index >= 15 is 0 Å². The standard InChI is InChI=1S/C18H17BrF2N4O2/c1-8-4-15(26)13(5-11(8)19)24-18(27)10-7-22-25-14(16(20)21)6-12(9-2-3-9)23-17(10)25/h4-9,11,16,26H,2-3H2,1H3,(H,24,27). The quantitative estimate of drug-likeness (QED) is 0.706. The first kappa shape index (κ1) is 18.1. The van der Waals surface area contributed by atoms with E-state index in [1.807, 2.05) is 6.92 Å². The highest BCUT2D eigenvalue weighted by Gasteiger charge is 2.29. The van der Waals surface area contributed by atoms with Crippen LogP contribution in [0.2, 0.25) is 0 Å². The van der Waals surface area contributed by atoms with Crippen molar-refractivity contribution in [2.24, 2.45) is 5.92 Å². The second kappa shape index (κ2) is 6.70. The van der Waals surface area contributed by atoms with E-state index in [4.69, 9.17) is 0 Å². The van der Waals surface area contributed by atoms with Crippen LogP contribution in [-0.4, -0.2) is 30.4 Å². The monoisotopic (exact) mass is 438 g/mol. The summed E-state index contributed by atoms with van der Waals surface area (Å²) in [5, 5.41) is 16.6. The van der Waals surface area contributed by atoms with Gasteiger partial charge in [0.05, 0.1) is 11.9 Å². The molecule has 1 saturated carbocycles. The number of carbonyl (C=O) groups excluding carboxylic acids is 1. The van der Waals surface area contributed by atoms with Crippen LogP contribution in [-0.2, 0) is 0 Å². The number of aliphatic hydroxyl groups is 1. The van der Waals surface area contributed by atoms with Gasteiger partial charge in [0.1, 0.15) is 17.0 Å². The third-order valence-corrected chi connectivity index (χ3v) is 5.85. The summed E-state index contributed by atoms with van der Waals surface area (Å²) in [6.07, 6.45) is 3.61. The van der Waals surface area contributed by atoms with Gasteiger partial charge in [0.25, 0.3) is 12.3 Å². The molecule has 2 heterocycles. The molecule has 0 aromatic carbocycles. The molecule has 4 rings (SSSR count). The highest BCUT2D eigenvalue weighted by atomic mass is 79.9. The number of halogens is 3. The Morgan fingerprint density at radius 2 is 2.15 bits per heavy atom. The molecule has 2 N–H and O–H groups in total. The van der Waals surface area contributed by atoms with E-state index in [1.165, 1.54) is 12.3 Å². The number of allylic oxidation sites excluding steroid dienone is 2. The molecule has 2 unspecified atom stereocenters. The van der Waals surface area contributed by atoms with Crippen molar-refractivity contribution >= 4 is 27.5 Å². The average Bonchev–Trinajstić information content (AvgIpc) is 3.37. The highest BCUT2D eigenvalue weighted by Crippen LogP contribution is 2.40. The first-order chi connectivity index (χ1) is 12.8. The van der Waals surface area contributed by atoms with E-state index in [1.54, 1.807) is 12.2 Å². The smallest absolute Gasteiger partial charge is 0.280 e. The number of hydrogen-bond donors (Lipinski definition) is 2. The molecule has 0 bridgehead atoms. The lowest BCUT2D eigenvalue weighted by atomic mass is 10.00. The van der Waals surface area contributed by atoms with Gasteiger partial charge in [-0.1, -0.05) is 22.9 Å². The van der Waals surface area contributed by atoms with E-state index in [-0.39, 0.29) is 45.0 Å². The van der Waals surface area contributed by atoms with Crippen LogP contribution in [0, 0.1) is 5.92 Å². The van der Waals surface area contributed by atoms with Gasteiger partial charge in [0.2, 0.25) is 0 Å². The minimum Gasteiger partial charge on any atom is -0.506 e. The first-order valence-corrected chi connectivity index (χ1v) is 9.52. The SMILES string of the molecule is CC1C=C(O)C(NC(=O)c2cnn3c(C(F)F)cc(C4CC4)nc23)=CC1Br. The van der Waals surface area contributed by atoms with Crippen molar-refractivity contribution in [1.29, 1.82) is 0 Å². The first-order valence-electron chi connectivity index (χ1n) is 8.60. The van der Waals surface area contributed by atoms with Crippen LogP contribution < -0.4 is 5.32 Å². The second-order valence-electron chi connectivity index (χ2n) is 6.86. The number of amides is 1. The van der Waals surface area contributed by atoms with Gasteiger partial charge in [-0.3, -0.25) is 4.79 Å². The van der Waals surface area contributed by atoms with Crippen molar-refractivity contribution in [1.82, 2.24) is 19.9 Å². The minimum absolute atomic E-state index is 0.0390. The molecular weight excluding hydrogens is 422 g/mol. The van der Waals surface area contributed by atoms with E-state index in [0.717, 1.165) is 17.4 Å². The van der Waals surface area contributed by atoms with E-state index < -0.39 is 12.3 Å². The molecule has 2 atom stereocenters. The molecule has 1 amide bonds. The molecule has 0 spiro atoms. The maximum atomic E-state index is 13.4. The highest BCUT2D eigenvalue weighted by molar-refractivity contribution is 9.09. The van der Waals surface area contributed by atoms with E-state index in [9.17, 15) is 18.7 Å². The van der Waals surface area contributed by atoms with E-state index in [0.29, 0.717) is 5.69 Å². The van der Waals surface area contributed by atoms with Crippen LogP contribution in [0.3, 0.4) is 0 Å². The zero-order valence-corrected chi connectivity index (χ0v) is 16.0. The van der Waals surface area contributed by atoms with Crippen LogP contribution in [0.1, 0.15) is 53.9 Å². The Hall–Kier alpha value is -2.29. The summed E-state index contributed by atoms with van der Waals surface area (Å²) in [5.41, 5.74) is 0.705. The zero-order valence-electron chi connectivity index (χ0n) is 14.4. The summed E-state index contributed by atoms with van der Waals surface area (Å²) in [6.45, 7) is 1.92. The number of aromatic nitrogens is 3. The number of fused-ring (bicyclic) bond motifs is 1. The van der Waals surface area contributed by atoms with Gasteiger partial charge in [0.15, 0.2) is 5.65 Å². The molecule has 142 valence electrons. The van der Waals surface area contributed by atoms with Crippen LogP contribution in [0.25, 0.3) is 5.65 Å². The fourth-order valence-electron chi connectivity index (χ4n) is 3.03. The van der Waals surface area contributed by atoms with Crippen molar-refractivity contribution in [2.75, 3.05) is 0 Å². The lowest BCUT2D eigenvalue weighted by Gasteiger charge is -2.20. The number of hydrogen-bond acceptors (Lipinski definition) is 4. The van der Waals surface area contributed by atoms with Crippen molar-refractivity contribution in [3.8, 4) is 0 Å². The molecule has 0 radical (unpaired) electrons. The Balaban J connectivity index is 1.70. The van der Waals surface area contributed by atoms with Gasteiger partial charge < -0.3 is 10.4 Å². The summed E-state index contributed by atoms with van der Waals surface area (Å²) in [5.74, 6) is -0.380. The summed E-state index contributed by atoms with van der Waals surface area (Å²) in [4.78, 5) is 17.1. The molecule has 9 heteroatoms. The normalized spacial score (nSPS) is 22.7. The fraction of sp³-hybridized carbons (Fsp3) is 0.389. The molecule has 2 aromatic heterocycles. The number of rotatable bonds is 4. The van der Waals surface area contributed by atoms with E-state index in [2.05, 4.69) is 31.3 Å². The Kier molecular flexibility index (Phi) is 4.49. The molecule has 2 aliphatic rings. The molecule has 2 aliphatic carbocycles. The van der Waals surface area contributed by atoms with Crippen LogP contribution in [0.15, 0.2) is 35.9 Å². The van der Waals surface area contributed by atoms with Gasteiger partial charge >= 0.3 is 0 Å². The van der Waals surface area contributed by atoms with Crippen LogP contribution >= 0.6 is 15.9 Å². The molecule has 27 heavy (non-hydrogen) atoms. The minimum atomic E-state index is -2.73. The number of alkyl halides is 3. The van der Waals surface area contributed by atoms with Crippen LogP contribution in [0.5, 0.6) is 0 Å². The third-order valence-electron chi connectivity index (χ3n) is 4.76. The maximum Gasteiger partial charge on any atom is 0.280 e. The van der Waals surface area contributed by atoms with Gasteiger partial charge in [-0.25, -0.2) is 18.3 Å². The van der Waals surface area contributed by atoms with Gasteiger partial charge in [-0.2, -0.15) is 5.10 Å². The van der Waals surface area contributed by atoms with Crippen molar-refractivity contribution in [3.05, 3.63) is 52.8 Å². The molecular formula is C18H17BrF2N4O2. The zero-order chi connectivity index (χ0) is 19.3. The molecule has 0 saturated heterocycles. The lowest BCUT2D eigenvalue weighted by molar-refractivity contribution is 0.0964. The predicted octanol–water partition coefficient (Wildman–Crippen LogP) is 4.01. The number of nitrogens with zero attached hydrogens (tertiary/aromatic N) is 3. The second-order valence-corrected chi connectivity index (χ2v) is 7.92. The Labute approximate surface area is 162 Å². The molecule has 1 fully saturated rings. The average molecular weight is 439 g/mol. The fourth-order valence-corrected chi connectivity index (χ4v) is 3.45.